The minimum absolute atomic E-state index is 0.0643. The zero-order chi connectivity index (χ0) is 22.0. The molecule has 4 rings (SSSR count). The van der Waals surface area contributed by atoms with Gasteiger partial charge in [-0.05, 0) is 49.9 Å². The van der Waals surface area contributed by atoms with Crippen LogP contribution in [0.3, 0.4) is 0 Å². The third-order valence-corrected chi connectivity index (χ3v) is 6.70. The first-order chi connectivity index (χ1) is 14.9. The number of fused-ring (bicyclic) bond motifs is 1. The molecule has 6 nitrogen and oxygen atoms in total. The fraction of sp³-hybridized carbons (Fsp3) is 0.440. The van der Waals surface area contributed by atoms with E-state index in [1.54, 1.807) is 0 Å². The van der Waals surface area contributed by atoms with Gasteiger partial charge < -0.3 is 20.0 Å². The summed E-state index contributed by atoms with van der Waals surface area (Å²) in [4.78, 5) is 30.2. The first-order valence-electron chi connectivity index (χ1n) is 11.4. The Kier molecular flexibility index (Phi) is 6.39. The Labute approximate surface area is 184 Å². The van der Waals surface area contributed by atoms with Crippen LogP contribution in [0.1, 0.15) is 23.6 Å². The van der Waals surface area contributed by atoms with Gasteiger partial charge in [-0.3, -0.25) is 9.59 Å². The number of para-hydroxylation sites is 2. The first kappa shape index (κ1) is 21.5. The molecule has 6 heteroatoms. The molecule has 1 atom stereocenters. The van der Waals surface area contributed by atoms with Gasteiger partial charge in [0.1, 0.15) is 26.2 Å². The Balaban J connectivity index is 1.26. The highest BCUT2D eigenvalue weighted by Crippen LogP contribution is 2.31. The van der Waals surface area contributed by atoms with Crippen molar-refractivity contribution in [1.29, 1.82) is 0 Å². The van der Waals surface area contributed by atoms with Gasteiger partial charge in [0.25, 0.3) is 11.8 Å². The van der Waals surface area contributed by atoms with Crippen LogP contribution in [0.5, 0.6) is 0 Å². The number of anilines is 2. The lowest BCUT2D eigenvalue weighted by atomic mass is 10.1. The molecular formula is C25H34N4O2+2. The lowest BCUT2D eigenvalue weighted by Gasteiger charge is -2.31. The molecule has 0 saturated carbocycles. The van der Waals surface area contributed by atoms with Crippen molar-refractivity contribution >= 4 is 23.2 Å². The number of carbonyl (C=O) groups is 2. The number of nitrogens with one attached hydrogen (secondary N) is 3. The minimum atomic E-state index is 0.0643. The minimum Gasteiger partial charge on any atom is -0.321 e. The van der Waals surface area contributed by atoms with Crippen LogP contribution in [-0.2, 0) is 16.0 Å². The number of benzene rings is 2. The lowest BCUT2D eigenvalue weighted by molar-refractivity contribution is -1.00. The Hall–Kier alpha value is -2.70. The number of piperazine rings is 1. The van der Waals surface area contributed by atoms with E-state index in [1.807, 2.05) is 49.1 Å². The molecule has 0 aliphatic carbocycles. The van der Waals surface area contributed by atoms with Gasteiger partial charge in [-0.2, -0.15) is 0 Å². The second-order valence-corrected chi connectivity index (χ2v) is 9.11. The normalized spacial score (nSPS) is 22.8. The molecule has 0 unspecified atom stereocenters. The van der Waals surface area contributed by atoms with Crippen LogP contribution in [0.15, 0.2) is 42.5 Å². The van der Waals surface area contributed by atoms with Gasteiger partial charge in [0.2, 0.25) is 0 Å². The van der Waals surface area contributed by atoms with Crippen molar-refractivity contribution < 1.29 is 19.4 Å². The van der Waals surface area contributed by atoms with E-state index in [2.05, 4.69) is 24.4 Å². The molecule has 0 bridgehead atoms. The van der Waals surface area contributed by atoms with Crippen LogP contribution < -0.4 is 20.0 Å². The topological polar surface area (TPSA) is 58.3 Å². The highest BCUT2D eigenvalue weighted by molar-refractivity contribution is 5.96. The molecule has 0 aromatic heterocycles. The van der Waals surface area contributed by atoms with E-state index in [-0.39, 0.29) is 17.9 Å². The Morgan fingerprint density at radius 2 is 1.55 bits per heavy atom. The maximum atomic E-state index is 13.0. The van der Waals surface area contributed by atoms with Gasteiger partial charge >= 0.3 is 0 Å². The fourth-order valence-electron chi connectivity index (χ4n) is 4.98. The van der Waals surface area contributed by atoms with E-state index in [0.717, 1.165) is 55.1 Å². The van der Waals surface area contributed by atoms with E-state index in [9.17, 15) is 9.59 Å². The highest BCUT2D eigenvalue weighted by atomic mass is 16.2. The van der Waals surface area contributed by atoms with Gasteiger partial charge in [0.05, 0.1) is 0 Å². The van der Waals surface area contributed by atoms with Crippen LogP contribution in [0.25, 0.3) is 0 Å². The average molecular weight is 423 g/mol. The van der Waals surface area contributed by atoms with Crippen LogP contribution in [0.2, 0.25) is 0 Å². The second-order valence-electron chi connectivity index (χ2n) is 9.11. The summed E-state index contributed by atoms with van der Waals surface area (Å²) < 4.78 is 0. The molecule has 2 aliphatic rings. The average Bonchev–Trinajstić information content (AvgIpc) is 3.08. The Bertz CT molecular complexity index is 945. The predicted octanol–water partition coefficient (Wildman–Crippen LogP) is 0.00314. The third-order valence-electron chi connectivity index (χ3n) is 6.70. The van der Waals surface area contributed by atoms with Crippen molar-refractivity contribution in [2.75, 3.05) is 49.5 Å². The molecule has 0 radical (unpaired) electrons. The van der Waals surface area contributed by atoms with Crippen molar-refractivity contribution in [3.05, 3.63) is 59.2 Å². The molecule has 0 spiro atoms. The quantitative estimate of drug-likeness (QED) is 0.636. The monoisotopic (exact) mass is 422 g/mol. The molecule has 2 heterocycles. The molecule has 2 amide bonds. The standard InChI is InChI=1S/C25H32N4O2/c1-18-7-6-8-19(2)25(18)26-23(30)16-27-11-13-28(14-12-27)17-24(31)29-20(3)15-21-9-4-5-10-22(21)29/h4-10,20H,11-17H2,1-3H3,(H,26,30)/p+2/t20-/m0/s1. The summed E-state index contributed by atoms with van der Waals surface area (Å²) in [6.07, 6.45) is 0.935. The number of amides is 2. The van der Waals surface area contributed by atoms with Gasteiger partial charge in [0.15, 0.2) is 13.1 Å². The summed E-state index contributed by atoms with van der Waals surface area (Å²) in [7, 11) is 0. The Morgan fingerprint density at radius 1 is 0.935 bits per heavy atom. The summed E-state index contributed by atoms with van der Waals surface area (Å²) >= 11 is 0. The molecular weight excluding hydrogens is 388 g/mol. The lowest BCUT2D eigenvalue weighted by Crippen LogP contribution is -3.28. The van der Waals surface area contributed by atoms with Crippen molar-refractivity contribution in [1.82, 2.24) is 0 Å². The van der Waals surface area contributed by atoms with Crippen molar-refractivity contribution in [3.63, 3.8) is 0 Å². The van der Waals surface area contributed by atoms with E-state index in [4.69, 9.17) is 0 Å². The SMILES string of the molecule is Cc1cccc(C)c1NC(=O)C[NH+]1CC[NH+](CC(=O)N2c3ccccc3C[C@@H]2C)CC1. The number of aryl methyl sites for hydroxylation is 2. The molecule has 2 aromatic rings. The molecule has 2 aliphatic heterocycles. The molecule has 2 aromatic carbocycles. The smallest absolute Gasteiger partial charge is 0.282 e. The van der Waals surface area contributed by atoms with Crippen LogP contribution in [-0.4, -0.2) is 57.1 Å². The van der Waals surface area contributed by atoms with E-state index in [1.165, 1.54) is 15.4 Å². The summed E-state index contributed by atoms with van der Waals surface area (Å²) in [6, 6.07) is 14.5. The zero-order valence-corrected chi connectivity index (χ0v) is 18.8. The van der Waals surface area contributed by atoms with Crippen LogP contribution in [0.4, 0.5) is 11.4 Å². The fourth-order valence-corrected chi connectivity index (χ4v) is 4.98. The first-order valence-corrected chi connectivity index (χ1v) is 11.4. The Morgan fingerprint density at radius 3 is 2.23 bits per heavy atom. The van der Waals surface area contributed by atoms with Gasteiger partial charge in [0, 0.05) is 17.4 Å². The largest absolute Gasteiger partial charge is 0.321 e. The van der Waals surface area contributed by atoms with Crippen molar-refractivity contribution in [3.8, 4) is 0 Å². The summed E-state index contributed by atoms with van der Waals surface area (Å²) in [5, 5.41) is 3.09. The summed E-state index contributed by atoms with van der Waals surface area (Å²) in [5.74, 6) is 0.276. The number of hydrogen-bond donors (Lipinski definition) is 3. The third kappa shape index (κ3) is 4.81. The van der Waals surface area contributed by atoms with Crippen LogP contribution >= 0.6 is 0 Å². The number of quaternary nitrogens is 2. The number of hydrogen-bond acceptors (Lipinski definition) is 2. The molecule has 164 valence electrons. The van der Waals surface area contributed by atoms with Gasteiger partial charge in [-0.1, -0.05) is 36.4 Å². The molecule has 1 fully saturated rings. The summed E-state index contributed by atoms with van der Waals surface area (Å²) in [5.41, 5.74) is 5.46. The van der Waals surface area contributed by atoms with E-state index < -0.39 is 0 Å². The number of carbonyl (C=O) groups excluding carboxylic acids is 2. The van der Waals surface area contributed by atoms with Crippen molar-refractivity contribution in [2.45, 2.75) is 33.2 Å². The predicted molar refractivity (Wildman–Crippen MR) is 123 cm³/mol. The van der Waals surface area contributed by atoms with E-state index >= 15 is 0 Å². The molecule has 3 N–H and O–H groups in total. The number of nitrogens with zero attached hydrogens (tertiary/aromatic N) is 1. The van der Waals surface area contributed by atoms with Gasteiger partial charge in [-0.25, -0.2) is 0 Å². The summed E-state index contributed by atoms with van der Waals surface area (Å²) in [6.45, 7) is 10.8. The van der Waals surface area contributed by atoms with Gasteiger partial charge in [-0.15, -0.1) is 0 Å². The van der Waals surface area contributed by atoms with Crippen LogP contribution in [0, 0.1) is 13.8 Å². The van der Waals surface area contributed by atoms with Crippen molar-refractivity contribution in [2.24, 2.45) is 0 Å². The second kappa shape index (κ2) is 9.20. The number of rotatable bonds is 5. The molecule has 1 saturated heterocycles. The maximum Gasteiger partial charge on any atom is 0.282 e. The van der Waals surface area contributed by atoms with E-state index in [0.29, 0.717) is 13.1 Å². The zero-order valence-electron chi connectivity index (χ0n) is 18.8. The highest BCUT2D eigenvalue weighted by Gasteiger charge is 2.34. The molecule has 31 heavy (non-hydrogen) atoms. The maximum absolute atomic E-state index is 13.0.